The summed E-state index contributed by atoms with van der Waals surface area (Å²) in [5.41, 5.74) is 1.51. The lowest BCUT2D eigenvalue weighted by Crippen LogP contribution is -2.35. The molecule has 0 radical (unpaired) electrons. The smallest absolute Gasteiger partial charge is 0.344 e. The van der Waals surface area contributed by atoms with Gasteiger partial charge in [-0.3, -0.25) is 4.79 Å². The molecule has 1 amide bonds. The minimum atomic E-state index is -0.970. The van der Waals surface area contributed by atoms with E-state index < -0.39 is 17.6 Å². The molecular formula is C25H18ClNO5. The predicted octanol–water partition coefficient (Wildman–Crippen LogP) is 4.99. The molecule has 0 spiro atoms. The van der Waals surface area contributed by atoms with Gasteiger partial charge in [-0.2, -0.15) is 0 Å². The maximum atomic E-state index is 13.3. The van der Waals surface area contributed by atoms with E-state index >= 15 is 0 Å². The summed E-state index contributed by atoms with van der Waals surface area (Å²) in [4.78, 5) is 26.3. The number of amides is 1. The van der Waals surface area contributed by atoms with Gasteiger partial charge in [0.2, 0.25) is 0 Å². The van der Waals surface area contributed by atoms with E-state index in [0.29, 0.717) is 38.7 Å². The number of carbonyl (C=O) groups is 1. The van der Waals surface area contributed by atoms with E-state index in [0.717, 1.165) is 5.56 Å². The molecule has 32 heavy (non-hydrogen) atoms. The second-order valence-corrected chi connectivity index (χ2v) is 7.85. The molecule has 1 aliphatic heterocycles. The van der Waals surface area contributed by atoms with E-state index in [-0.39, 0.29) is 5.91 Å². The molecule has 2 unspecified atom stereocenters. The Hall–Kier alpha value is -3.77. The third-order valence-electron chi connectivity index (χ3n) is 5.50. The van der Waals surface area contributed by atoms with Crippen molar-refractivity contribution in [3.05, 3.63) is 99.4 Å². The summed E-state index contributed by atoms with van der Waals surface area (Å²) >= 11 is 6.06. The molecule has 0 saturated carbocycles. The van der Waals surface area contributed by atoms with Gasteiger partial charge >= 0.3 is 5.63 Å². The van der Waals surface area contributed by atoms with Crippen LogP contribution in [-0.2, 0) is 4.79 Å². The number of halogens is 1. The van der Waals surface area contributed by atoms with Gasteiger partial charge < -0.3 is 19.2 Å². The molecule has 3 aromatic carbocycles. The van der Waals surface area contributed by atoms with Crippen LogP contribution in [-0.4, -0.2) is 19.1 Å². The zero-order valence-corrected chi connectivity index (χ0v) is 17.8. The van der Waals surface area contributed by atoms with Crippen LogP contribution < -0.4 is 20.4 Å². The van der Waals surface area contributed by atoms with Crippen molar-refractivity contribution in [3.8, 4) is 11.5 Å². The van der Waals surface area contributed by atoms with Crippen LogP contribution in [0.1, 0.15) is 17.0 Å². The lowest BCUT2D eigenvalue weighted by Gasteiger charge is -2.19. The number of hydrogen-bond acceptors (Lipinski definition) is 5. The van der Waals surface area contributed by atoms with Crippen LogP contribution in [0.2, 0.25) is 5.02 Å². The molecule has 5 rings (SSSR count). The summed E-state index contributed by atoms with van der Waals surface area (Å²) in [6, 6.07) is 21.1. The second-order valence-electron chi connectivity index (χ2n) is 7.41. The minimum absolute atomic E-state index is 0.320. The van der Waals surface area contributed by atoms with Crippen LogP contribution in [0, 0.1) is 0 Å². The van der Waals surface area contributed by atoms with E-state index in [2.05, 4.69) is 5.32 Å². The fraction of sp³-hybridized carbons (Fsp3) is 0.120. The fourth-order valence-corrected chi connectivity index (χ4v) is 4.11. The number of methoxy groups -OCH3 is 1. The number of rotatable bonds is 4. The summed E-state index contributed by atoms with van der Waals surface area (Å²) in [6.07, 6.45) is -0.970. The van der Waals surface area contributed by atoms with Crippen LogP contribution in [0.4, 0.5) is 5.69 Å². The Morgan fingerprint density at radius 2 is 1.72 bits per heavy atom. The maximum absolute atomic E-state index is 13.3. The Morgan fingerprint density at radius 1 is 1.00 bits per heavy atom. The van der Waals surface area contributed by atoms with Gasteiger partial charge in [-0.1, -0.05) is 35.9 Å². The first-order valence-corrected chi connectivity index (χ1v) is 10.4. The van der Waals surface area contributed by atoms with Gasteiger partial charge in [0.1, 0.15) is 17.1 Å². The molecule has 160 valence electrons. The summed E-state index contributed by atoms with van der Waals surface area (Å²) < 4.78 is 16.9. The van der Waals surface area contributed by atoms with Crippen molar-refractivity contribution in [1.29, 1.82) is 0 Å². The molecule has 1 aliphatic rings. The number of carbonyl (C=O) groups excluding carboxylic acids is 1. The fourth-order valence-electron chi connectivity index (χ4n) is 3.98. The van der Waals surface area contributed by atoms with Gasteiger partial charge in [-0.25, -0.2) is 4.79 Å². The Bertz CT molecular complexity index is 1360. The molecule has 0 bridgehead atoms. The summed E-state index contributed by atoms with van der Waals surface area (Å²) in [5, 5.41) is 4.06. The van der Waals surface area contributed by atoms with Gasteiger partial charge in [-0.15, -0.1) is 0 Å². The van der Waals surface area contributed by atoms with Crippen LogP contribution in [0.15, 0.2) is 82.0 Å². The van der Waals surface area contributed by atoms with Gasteiger partial charge in [0, 0.05) is 10.7 Å². The van der Waals surface area contributed by atoms with Crippen LogP contribution in [0.3, 0.4) is 0 Å². The number of anilines is 1. The molecule has 0 fully saturated rings. The first-order valence-electron chi connectivity index (χ1n) is 9.98. The quantitative estimate of drug-likeness (QED) is 0.446. The number of fused-ring (bicyclic) bond motifs is 3. The van der Waals surface area contributed by atoms with E-state index in [1.165, 1.54) is 0 Å². The molecule has 6 nitrogen and oxygen atoms in total. The van der Waals surface area contributed by atoms with E-state index in [9.17, 15) is 9.59 Å². The minimum Gasteiger partial charge on any atom is -0.497 e. The van der Waals surface area contributed by atoms with Crippen molar-refractivity contribution in [2.45, 2.75) is 12.0 Å². The summed E-state index contributed by atoms with van der Waals surface area (Å²) in [7, 11) is 1.57. The van der Waals surface area contributed by atoms with Gasteiger partial charge in [0.05, 0.1) is 24.0 Å². The third-order valence-corrected chi connectivity index (χ3v) is 5.75. The molecule has 2 heterocycles. The molecule has 7 heteroatoms. The monoisotopic (exact) mass is 447 g/mol. The Morgan fingerprint density at radius 3 is 2.44 bits per heavy atom. The highest BCUT2D eigenvalue weighted by Crippen LogP contribution is 2.44. The molecule has 0 aliphatic carbocycles. The highest BCUT2D eigenvalue weighted by Gasteiger charge is 2.44. The van der Waals surface area contributed by atoms with E-state index in [1.807, 2.05) is 6.07 Å². The largest absolute Gasteiger partial charge is 0.497 e. The predicted molar refractivity (Wildman–Crippen MR) is 122 cm³/mol. The normalized spacial score (nSPS) is 16.9. The number of hydrogen-bond donors (Lipinski definition) is 1. The third kappa shape index (κ3) is 3.48. The van der Waals surface area contributed by atoms with Crippen LogP contribution in [0.5, 0.6) is 11.5 Å². The zero-order valence-electron chi connectivity index (χ0n) is 17.0. The van der Waals surface area contributed by atoms with Crippen molar-refractivity contribution in [2.75, 3.05) is 12.4 Å². The standard InChI is InChI=1S/C25H18ClNO5/c1-30-17-12-10-16(11-13-17)27-24(28)23-20(14-6-8-15(26)9-7-14)21-22(32-23)18-4-2-3-5-19(18)31-25(21)29/h2-13,20,23H,1H3,(H,27,28). The van der Waals surface area contributed by atoms with Crippen molar-refractivity contribution < 1.29 is 18.7 Å². The molecule has 1 N–H and O–H groups in total. The second kappa shape index (κ2) is 8.05. The average molecular weight is 448 g/mol. The van der Waals surface area contributed by atoms with Crippen molar-refractivity contribution >= 4 is 34.2 Å². The van der Waals surface area contributed by atoms with Gasteiger partial charge in [0.25, 0.3) is 5.91 Å². The lowest BCUT2D eigenvalue weighted by atomic mass is 9.88. The maximum Gasteiger partial charge on any atom is 0.344 e. The Labute approximate surface area is 188 Å². The van der Waals surface area contributed by atoms with Crippen molar-refractivity contribution in [1.82, 2.24) is 0 Å². The number of ether oxygens (including phenoxy) is 2. The van der Waals surface area contributed by atoms with Gasteiger partial charge in [-0.05, 0) is 54.1 Å². The number of benzene rings is 3. The lowest BCUT2D eigenvalue weighted by molar-refractivity contribution is -0.122. The molecule has 4 aromatic rings. The van der Waals surface area contributed by atoms with E-state index in [1.54, 1.807) is 73.8 Å². The van der Waals surface area contributed by atoms with Crippen molar-refractivity contribution in [2.24, 2.45) is 0 Å². The van der Waals surface area contributed by atoms with Gasteiger partial charge in [0.15, 0.2) is 6.10 Å². The molecule has 2 atom stereocenters. The summed E-state index contributed by atoms with van der Waals surface area (Å²) in [6.45, 7) is 0. The Balaban J connectivity index is 1.59. The average Bonchev–Trinajstić information content (AvgIpc) is 3.22. The first-order chi connectivity index (χ1) is 15.5. The number of nitrogens with one attached hydrogen (secondary N) is 1. The first kappa shape index (κ1) is 20.2. The van der Waals surface area contributed by atoms with Crippen molar-refractivity contribution in [3.63, 3.8) is 0 Å². The molecule has 1 aromatic heterocycles. The van der Waals surface area contributed by atoms with Crippen LogP contribution in [0.25, 0.3) is 11.0 Å². The van der Waals surface area contributed by atoms with Crippen LogP contribution >= 0.6 is 11.6 Å². The topological polar surface area (TPSA) is 77.8 Å². The zero-order chi connectivity index (χ0) is 22.2. The SMILES string of the molecule is COc1ccc(NC(=O)C2Oc3c(c(=O)oc4ccccc34)C2c2ccc(Cl)cc2)cc1. The summed E-state index contributed by atoms with van der Waals surface area (Å²) in [5.74, 6) is 0.0125. The highest BCUT2D eigenvalue weighted by atomic mass is 35.5. The van der Waals surface area contributed by atoms with E-state index in [4.69, 9.17) is 25.5 Å². The molecule has 0 saturated heterocycles. The highest BCUT2D eigenvalue weighted by molar-refractivity contribution is 6.30. The number of para-hydroxylation sites is 1. The Kier molecular flexibility index (Phi) is 5.07. The molecular weight excluding hydrogens is 430 g/mol.